The van der Waals surface area contributed by atoms with Crippen molar-refractivity contribution in [2.75, 3.05) is 26.8 Å². The molecular weight excluding hydrogens is 504 g/mol. The lowest BCUT2D eigenvalue weighted by atomic mass is 10.0. The minimum Gasteiger partial charge on any atom is -0.493 e. The summed E-state index contributed by atoms with van der Waals surface area (Å²) < 4.78 is 11.4. The molecule has 1 fully saturated rings. The second-order valence-electron chi connectivity index (χ2n) is 8.73. The summed E-state index contributed by atoms with van der Waals surface area (Å²) in [6.07, 6.45) is 1.45. The topological polar surface area (TPSA) is 96.4 Å². The van der Waals surface area contributed by atoms with Gasteiger partial charge in [-0.3, -0.25) is 24.2 Å². The number of halogens is 1. The highest BCUT2D eigenvalue weighted by atomic mass is 35.5. The largest absolute Gasteiger partial charge is 0.493 e. The third-order valence-corrected chi connectivity index (χ3v) is 7.08. The number of rotatable bonds is 13. The van der Waals surface area contributed by atoms with Gasteiger partial charge in [-0.05, 0) is 56.1 Å². The van der Waals surface area contributed by atoms with Crippen molar-refractivity contribution in [1.29, 1.82) is 0 Å². The average molecular weight is 539 g/mol. The molecule has 2 amide bonds. The van der Waals surface area contributed by atoms with E-state index in [1.54, 1.807) is 18.4 Å². The summed E-state index contributed by atoms with van der Waals surface area (Å²) in [6.45, 7) is 7.89. The summed E-state index contributed by atoms with van der Waals surface area (Å²) in [5.74, 6) is -0.0671. The van der Waals surface area contributed by atoms with E-state index in [-0.39, 0.29) is 62.7 Å². The number of amides is 2. The van der Waals surface area contributed by atoms with Gasteiger partial charge in [0, 0.05) is 35.2 Å². The minimum absolute atomic E-state index is 0. The van der Waals surface area contributed by atoms with E-state index in [1.807, 2.05) is 32.0 Å². The number of methoxy groups -OCH3 is 1. The van der Waals surface area contributed by atoms with Crippen molar-refractivity contribution in [1.82, 2.24) is 9.80 Å². The maximum Gasteiger partial charge on any atom is 0.305 e. The fraction of sp³-hybridized carbons (Fsp3) is 0.500. The van der Waals surface area contributed by atoms with Gasteiger partial charge < -0.3 is 14.6 Å². The quantitative estimate of drug-likeness (QED) is 0.367. The van der Waals surface area contributed by atoms with Gasteiger partial charge in [0.1, 0.15) is 6.61 Å². The first-order valence-electron chi connectivity index (χ1n) is 11.9. The first kappa shape index (κ1) is 29.6. The van der Waals surface area contributed by atoms with E-state index < -0.39 is 5.97 Å². The van der Waals surface area contributed by atoms with Crippen molar-refractivity contribution in [2.24, 2.45) is 0 Å². The Kier molecular flexibility index (Phi) is 11.2. The van der Waals surface area contributed by atoms with Crippen molar-refractivity contribution >= 4 is 41.5 Å². The van der Waals surface area contributed by atoms with Crippen LogP contribution in [0.2, 0.25) is 0 Å². The van der Waals surface area contributed by atoms with Crippen LogP contribution in [0.15, 0.2) is 24.3 Å². The molecule has 2 aromatic rings. The molecule has 0 aliphatic carbocycles. The molecule has 0 saturated carbocycles. The minimum atomic E-state index is -0.823. The number of carbonyl (C=O) groups excluding carboxylic acids is 2. The van der Waals surface area contributed by atoms with E-state index in [0.717, 1.165) is 29.0 Å². The summed E-state index contributed by atoms with van der Waals surface area (Å²) in [4.78, 5) is 41.1. The van der Waals surface area contributed by atoms with E-state index in [9.17, 15) is 19.5 Å². The molecule has 1 atom stereocenters. The van der Waals surface area contributed by atoms with Crippen LogP contribution in [0, 0.1) is 13.8 Å². The molecule has 0 radical (unpaired) electrons. The molecule has 1 aromatic carbocycles. The monoisotopic (exact) mass is 538 g/mol. The van der Waals surface area contributed by atoms with Crippen LogP contribution in [0.3, 0.4) is 0 Å². The molecule has 36 heavy (non-hydrogen) atoms. The smallest absolute Gasteiger partial charge is 0.305 e. The normalized spacial score (nSPS) is 14.2. The molecule has 1 aliphatic rings. The van der Waals surface area contributed by atoms with Crippen LogP contribution in [-0.2, 0) is 20.9 Å². The Bertz CT molecular complexity index is 1060. The Balaban J connectivity index is 0.00000456. The van der Waals surface area contributed by atoms with Crippen molar-refractivity contribution in [2.45, 2.75) is 59.0 Å². The molecular formula is C26H35ClN2O6S. The van der Waals surface area contributed by atoms with Crippen LogP contribution in [0.25, 0.3) is 0 Å². The maximum atomic E-state index is 11.8. The first-order valence-corrected chi connectivity index (χ1v) is 12.7. The molecule has 1 aromatic heterocycles. The fourth-order valence-electron chi connectivity index (χ4n) is 4.50. The van der Waals surface area contributed by atoms with Gasteiger partial charge in [-0.2, -0.15) is 0 Å². The van der Waals surface area contributed by atoms with Crippen LogP contribution < -0.4 is 9.47 Å². The maximum absolute atomic E-state index is 11.8. The Morgan fingerprint density at radius 1 is 1.17 bits per heavy atom. The lowest BCUT2D eigenvalue weighted by Gasteiger charge is -2.31. The van der Waals surface area contributed by atoms with Gasteiger partial charge >= 0.3 is 5.97 Å². The van der Waals surface area contributed by atoms with E-state index >= 15 is 0 Å². The van der Waals surface area contributed by atoms with Gasteiger partial charge in [0.15, 0.2) is 11.5 Å². The molecule has 1 saturated heterocycles. The zero-order chi connectivity index (χ0) is 25.5. The summed E-state index contributed by atoms with van der Waals surface area (Å²) in [5.41, 5.74) is 2.05. The molecule has 1 unspecified atom stereocenters. The van der Waals surface area contributed by atoms with E-state index in [1.165, 1.54) is 9.78 Å². The molecule has 0 bridgehead atoms. The number of hydrogen-bond donors (Lipinski definition) is 1. The molecule has 1 aliphatic heterocycles. The number of hydrogen-bond acceptors (Lipinski definition) is 7. The van der Waals surface area contributed by atoms with Crippen LogP contribution in [-0.4, -0.2) is 59.5 Å². The number of benzene rings is 1. The number of imide groups is 1. The lowest BCUT2D eigenvalue weighted by Crippen LogP contribution is -2.33. The second-order valence-corrected chi connectivity index (χ2v) is 10.2. The zero-order valence-corrected chi connectivity index (χ0v) is 22.9. The Labute approximate surface area is 222 Å². The predicted molar refractivity (Wildman–Crippen MR) is 141 cm³/mol. The third kappa shape index (κ3) is 7.44. The van der Waals surface area contributed by atoms with Crippen molar-refractivity contribution in [3.63, 3.8) is 0 Å². The summed E-state index contributed by atoms with van der Waals surface area (Å²) in [5, 5.41) is 9.63. The molecule has 10 heteroatoms. The highest BCUT2D eigenvalue weighted by Crippen LogP contribution is 2.35. The summed E-state index contributed by atoms with van der Waals surface area (Å²) in [6, 6.07) is 7.53. The van der Waals surface area contributed by atoms with Crippen molar-refractivity contribution in [3.05, 3.63) is 45.1 Å². The standard InChI is InChI=1S/C26H34N2O6S.ClH/c1-5-10-27(21(15-26(31)32)20-13-17(2)35-18(20)3)16-19-6-7-22(23(14-19)33-4)34-12-11-28-24(29)8-9-25(28)30;/h6-7,13-14,21H,5,8-12,15-16H2,1-4H3,(H,31,32);1H. The average Bonchev–Trinajstić information content (AvgIpc) is 3.32. The van der Waals surface area contributed by atoms with Gasteiger partial charge in [-0.25, -0.2) is 0 Å². The molecule has 2 heterocycles. The number of ether oxygens (including phenoxy) is 2. The second kappa shape index (κ2) is 13.6. The number of aliphatic carboxylic acids is 1. The van der Waals surface area contributed by atoms with E-state index in [4.69, 9.17) is 9.47 Å². The third-order valence-electron chi connectivity index (χ3n) is 6.10. The Hall–Kier alpha value is -2.62. The predicted octanol–water partition coefficient (Wildman–Crippen LogP) is 4.75. The number of carbonyl (C=O) groups is 3. The van der Waals surface area contributed by atoms with E-state index in [2.05, 4.69) is 17.9 Å². The van der Waals surface area contributed by atoms with Gasteiger partial charge in [-0.1, -0.05) is 13.0 Å². The fourth-order valence-corrected chi connectivity index (χ4v) is 5.48. The van der Waals surface area contributed by atoms with E-state index in [0.29, 0.717) is 18.0 Å². The number of likely N-dealkylation sites (tertiary alicyclic amines) is 1. The summed E-state index contributed by atoms with van der Waals surface area (Å²) in [7, 11) is 1.56. The van der Waals surface area contributed by atoms with Crippen LogP contribution in [0.1, 0.15) is 59.5 Å². The zero-order valence-electron chi connectivity index (χ0n) is 21.2. The van der Waals surface area contributed by atoms with Crippen molar-refractivity contribution < 1.29 is 29.0 Å². The number of carboxylic acid groups (broad SMARTS) is 1. The number of aryl methyl sites for hydroxylation is 2. The van der Waals surface area contributed by atoms with Gasteiger partial charge in [0.25, 0.3) is 0 Å². The Morgan fingerprint density at radius 3 is 2.42 bits per heavy atom. The van der Waals surface area contributed by atoms with Crippen LogP contribution >= 0.6 is 23.7 Å². The lowest BCUT2D eigenvalue weighted by molar-refractivity contribution is -0.140. The molecule has 3 rings (SSSR count). The molecule has 8 nitrogen and oxygen atoms in total. The Morgan fingerprint density at radius 2 is 1.86 bits per heavy atom. The number of carboxylic acids is 1. The molecule has 198 valence electrons. The van der Waals surface area contributed by atoms with Crippen LogP contribution in [0.5, 0.6) is 11.5 Å². The number of thiophene rings is 1. The number of nitrogens with zero attached hydrogens (tertiary/aromatic N) is 2. The molecule has 1 N–H and O–H groups in total. The van der Waals surface area contributed by atoms with Gasteiger partial charge in [0.2, 0.25) is 11.8 Å². The van der Waals surface area contributed by atoms with Crippen molar-refractivity contribution in [3.8, 4) is 11.5 Å². The highest BCUT2D eigenvalue weighted by molar-refractivity contribution is 7.12. The van der Waals surface area contributed by atoms with Crippen LogP contribution in [0.4, 0.5) is 0 Å². The van der Waals surface area contributed by atoms with Gasteiger partial charge in [-0.15, -0.1) is 23.7 Å². The SMILES string of the molecule is CCCN(Cc1ccc(OCCN2C(=O)CCC2=O)c(OC)c1)C(CC(=O)O)c1cc(C)sc1C.Cl. The first-order chi connectivity index (χ1) is 16.7. The highest BCUT2D eigenvalue weighted by Gasteiger charge is 2.29. The molecule has 0 spiro atoms. The van der Waals surface area contributed by atoms with Gasteiger partial charge in [0.05, 0.1) is 20.1 Å². The summed E-state index contributed by atoms with van der Waals surface area (Å²) >= 11 is 1.69.